The summed E-state index contributed by atoms with van der Waals surface area (Å²) in [6.45, 7) is 10.1. The van der Waals surface area contributed by atoms with E-state index in [9.17, 15) is 9.59 Å². The number of esters is 1. The van der Waals surface area contributed by atoms with Crippen LogP contribution >= 0.6 is 11.6 Å². The number of halogens is 1. The van der Waals surface area contributed by atoms with E-state index in [2.05, 4.69) is 4.57 Å². The van der Waals surface area contributed by atoms with Crippen molar-refractivity contribution >= 4 is 35.2 Å². The number of aryl methyl sites for hydroxylation is 2. The topological polar surface area (TPSA) is 60.8 Å². The summed E-state index contributed by atoms with van der Waals surface area (Å²) >= 11 is 6.38. The largest absolute Gasteiger partial charge is 0.494 e. The molecular weight excluding hydrogens is 476 g/mol. The number of carbonyl (C=O) groups excluding carboxylic acids is 2. The molecule has 4 rings (SSSR count). The highest BCUT2D eigenvalue weighted by atomic mass is 35.5. The molecule has 0 fully saturated rings. The van der Waals surface area contributed by atoms with Crippen molar-refractivity contribution in [2.45, 2.75) is 34.6 Å². The van der Waals surface area contributed by atoms with E-state index in [4.69, 9.17) is 21.1 Å². The average Bonchev–Trinajstić information content (AvgIpc) is 3.27. The summed E-state index contributed by atoms with van der Waals surface area (Å²) in [7, 11) is 1.32. The molecule has 0 saturated carbocycles. The van der Waals surface area contributed by atoms with Crippen LogP contribution < -0.4 is 9.64 Å². The lowest BCUT2D eigenvalue weighted by atomic mass is 10.0. The van der Waals surface area contributed by atoms with Crippen LogP contribution in [0.1, 0.15) is 36.4 Å². The molecule has 1 aromatic heterocycles. The lowest BCUT2D eigenvalue weighted by Crippen LogP contribution is -2.24. The van der Waals surface area contributed by atoms with Crippen molar-refractivity contribution in [1.82, 2.24) is 4.57 Å². The molecule has 1 aliphatic rings. The maximum atomic E-state index is 13.7. The van der Waals surface area contributed by atoms with Crippen molar-refractivity contribution in [2.75, 3.05) is 18.6 Å². The van der Waals surface area contributed by atoms with E-state index in [1.807, 2.05) is 52.0 Å². The molecule has 1 aliphatic heterocycles. The van der Waals surface area contributed by atoms with Gasteiger partial charge in [0, 0.05) is 33.5 Å². The summed E-state index contributed by atoms with van der Waals surface area (Å²) < 4.78 is 12.7. The van der Waals surface area contributed by atoms with E-state index >= 15 is 0 Å². The lowest BCUT2D eigenvalue weighted by molar-refractivity contribution is -0.136. The van der Waals surface area contributed by atoms with Gasteiger partial charge in [0.25, 0.3) is 5.91 Å². The molecule has 6 nitrogen and oxygen atoms in total. The van der Waals surface area contributed by atoms with Crippen LogP contribution in [0.4, 0.5) is 5.69 Å². The summed E-state index contributed by atoms with van der Waals surface area (Å²) in [5.41, 5.74) is 6.36. The van der Waals surface area contributed by atoms with Gasteiger partial charge in [-0.15, -0.1) is 0 Å². The van der Waals surface area contributed by atoms with Crippen LogP contribution in [0, 0.1) is 20.8 Å². The molecular formula is C29H29ClN2O4. The molecule has 3 aromatic rings. The van der Waals surface area contributed by atoms with E-state index in [1.165, 1.54) is 12.0 Å². The fourth-order valence-electron chi connectivity index (χ4n) is 4.56. The summed E-state index contributed by atoms with van der Waals surface area (Å²) in [6, 6.07) is 15.1. The number of rotatable bonds is 6. The van der Waals surface area contributed by atoms with Gasteiger partial charge < -0.3 is 14.0 Å². The minimum atomic E-state index is -0.556. The summed E-state index contributed by atoms with van der Waals surface area (Å²) in [4.78, 5) is 28.0. The van der Waals surface area contributed by atoms with Crippen LogP contribution in [0.25, 0.3) is 11.8 Å². The van der Waals surface area contributed by atoms with Crippen LogP contribution in [-0.4, -0.2) is 30.2 Å². The first-order valence-corrected chi connectivity index (χ1v) is 12.1. The number of anilines is 1. The Morgan fingerprint density at radius 2 is 1.67 bits per heavy atom. The van der Waals surface area contributed by atoms with E-state index < -0.39 is 5.97 Å². The predicted molar refractivity (Wildman–Crippen MR) is 143 cm³/mol. The van der Waals surface area contributed by atoms with Crippen LogP contribution in [0.3, 0.4) is 0 Å². The fourth-order valence-corrected chi connectivity index (χ4v) is 4.73. The summed E-state index contributed by atoms with van der Waals surface area (Å²) in [5.74, 6) is -0.137. The molecule has 0 spiro atoms. The van der Waals surface area contributed by atoms with Crippen LogP contribution in [0.5, 0.6) is 5.75 Å². The molecule has 0 N–H and O–H groups in total. The highest BCUT2D eigenvalue weighted by molar-refractivity contribution is 6.31. The number of hydrogen-bond acceptors (Lipinski definition) is 4. The van der Waals surface area contributed by atoms with Crippen molar-refractivity contribution < 1.29 is 19.1 Å². The van der Waals surface area contributed by atoms with Gasteiger partial charge in [-0.3, -0.25) is 9.69 Å². The second-order valence-electron chi connectivity index (χ2n) is 8.67. The first kappa shape index (κ1) is 25.3. The standard InChI is InChI=1S/C29H29ClN2O4/c1-7-36-24-12-10-22(11-13-24)32-20(5)27(29(34)35-6)25(28(32)33)15-21-14-18(3)31(19(21)4)23-9-8-17(2)26(30)16-23/h8-16H,7H2,1-6H3/b25-15-. The van der Waals surface area contributed by atoms with Crippen molar-refractivity contribution in [3.63, 3.8) is 0 Å². The van der Waals surface area contributed by atoms with Gasteiger partial charge in [0.1, 0.15) is 5.75 Å². The Hall–Kier alpha value is -3.77. The average molecular weight is 505 g/mol. The Kier molecular flexibility index (Phi) is 7.09. The normalized spacial score (nSPS) is 14.7. The van der Waals surface area contributed by atoms with Gasteiger partial charge >= 0.3 is 5.97 Å². The second kappa shape index (κ2) is 10.1. The second-order valence-corrected chi connectivity index (χ2v) is 9.08. The fraction of sp³-hybridized carbons (Fsp3) is 0.241. The Bertz CT molecular complexity index is 1410. The first-order chi connectivity index (χ1) is 17.2. The number of amides is 1. The Morgan fingerprint density at radius 3 is 2.28 bits per heavy atom. The third-order valence-corrected chi connectivity index (χ3v) is 6.79. The maximum absolute atomic E-state index is 13.7. The lowest BCUT2D eigenvalue weighted by Gasteiger charge is -2.18. The van der Waals surface area contributed by atoms with Gasteiger partial charge in [-0.2, -0.15) is 0 Å². The molecule has 36 heavy (non-hydrogen) atoms. The van der Waals surface area contributed by atoms with Crippen LogP contribution in [0.2, 0.25) is 5.02 Å². The Labute approximate surface area is 216 Å². The van der Waals surface area contributed by atoms with Crippen molar-refractivity contribution in [1.29, 1.82) is 0 Å². The molecule has 7 heteroatoms. The van der Waals surface area contributed by atoms with Gasteiger partial charge in [-0.25, -0.2) is 4.79 Å². The zero-order valence-electron chi connectivity index (χ0n) is 21.3. The number of carbonyl (C=O) groups is 2. The molecule has 2 aromatic carbocycles. The Balaban J connectivity index is 1.80. The predicted octanol–water partition coefficient (Wildman–Crippen LogP) is 6.33. The molecule has 0 aliphatic carbocycles. The highest BCUT2D eigenvalue weighted by Gasteiger charge is 2.38. The van der Waals surface area contributed by atoms with Gasteiger partial charge in [0.05, 0.1) is 24.9 Å². The zero-order chi connectivity index (χ0) is 26.1. The summed E-state index contributed by atoms with van der Waals surface area (Å²) in [5, 5.41) is 0.684. The molecule has 2 heterocycles. The molecule has 186 valence electrons. The Morgan fingerprint density at radius 1 is 1.00 bits per heavy atom. The first-order valence-electron chi connectivity index (χ1n) is 11.7. The quantitative estimate of drug-likeness (QED) is 0.290. The van der Waals surface area contributed by atoms with E-state index in [0.717, 1.165) is 28.2 Å². The van der Waals surface area contributed by atoms with E-state index in [0.29, 0.717) is 28.8 Å². The van der Waals surface area contributed by atoms with E-state index in [-0.39, 0.29) is 17.1 Å². The van der Waals surface area contributed by atoms with Gasteiger partial charge in [-0.1, -0.05) is 17.7 Å². The third kappa shape index (κ3) is 4.44. The van der Waals surface area contributed by atoms with Gasteiger partial charge in [0.2, 0.25) is 0 Å². The van der Waals surface area contributed by atoms with Gasteiger partial charge in [-0.05, 0) is 94.3 Å². The summed E-state index contributed by atoms with van der Waals surface area (Å²) in [6.07, 6.45) is 1.77. The number of hydrogen-bond donors (Lipinski definition) is 0. The van der Waals surface area contributed by atoms with Gasteiger partial charge in [0.15, 0.2) is 0 Å². The van der Waals surface area contributed by atoms with Crippen molar-refractivity contribution in [3.8, 4) is 11.4 Å². The molecule has 0 radical (unpaired) electrons. The number of aromatic nitrogens is 1. The molecule has 0 unspecified atom stereocenters. The zero-order valence-corrected chi connectivity index (χ0v) is 22.1. The maximum Gasteiger partial charge on any atom is 0.340 e. The monoisotopic (exact) mass is 504 g/mol. The number of nitrogens with zero attached hydrogens (tertiary/aromatic N) is 2. The number of ether oxygens (including phenoxy) is 2. The molecule has 0 atom stereocenters. The minimum absolute atomic E-state index is 0.250. The molecule has 1 amide bonds. The smallest absolute Gasteiger partial charge is 0.340 e. The van der Waals surface area contributed by atoms with Crippen LogP contribution in [0.15, 0.2) is 65.4 Å². The third-order valence-electron chi connectivity index (χ3n) is 6.38. The number of methoxy groups -OCH3 is 1. The minimum Gasteiger partial charge on any atom is -0.494 e. The highest BCUT2D eigenvalue weighted by Crippen LogP contribution is 2.37. The molecule has 0 bridgehead atoms. The van der Waals surface area contributed by atoms with Crippen molar-refractivity contribution in [3.05, 3.63) is 92.9 Å². The van der Waals surface area contributed by atoms with Crippen LogP contribution in [-0.2, 0) is 14.3 Å². The SMILES string of the molecule is CCOc1ccc(N2C(=O)/C(=C\c3cc(C)n(-c4ccc(C)c(Cl)c4)c3C)C(C(=O)OC)=C2C)cc1. The molecule has 0 saturated heterocycles. The van der Waals surface area contributed by atoms with E-state index in [1.54, 1.807) is 37.3 Å². The number of allylic oxidation sites excluding steroid dienone is 1. The van der Waals surface area contributed by atoms with Crippen molar-refractivity contribution in [2.24, 2.45) is 0 Å². The number of benzene rings is 2.